The zero-order valence-electron chi connectivity index (χ0n) is 14.0. The molecule has 0 radical (unpaired) electrons. The van der Waals surface area contributed by atoms with Gasteiger partial charge >= 0.3 is 11.9 Å². The van der Waals surface area contributed by atoms with Gasteiger partial charge in [-0.25, -0.2) is 9.59 Å². The molecule has 1 atom stereocenters. The molecule has 0 spiro atoms. The number of aliphatic imine (C=N–C) groups is 2. The van der Waals surface area contributed by atoms with Crippen molar-refractivity contribution in [2.45, 2.75) is 19.9 Å². The zero-order chi connectivity index (χ0) is 18.8. The van der Waals surface area contributed by atoms with E-state index in [9.17, 15) is 19.3 Å². The molecular formula is C18H13N4O4+. The minimum Gasteiger partial charge on any atom is -0.260 e. The normalized spacial score (nSPS) is 15.8. The summed E-state index contributed by atoms with van der Waals surface area (Å²) in [6, 6.07) is 8.52. The van der Waals surface area contributed by atoms with Gasteiger partial charge in [0.05, 0.1) is 16.3 Å². The maximum absolute atomic E-state index is 12.5. The lowest BCUT2D eigenvalue weighted by Crippen LogP contribution is -2.57. The molecule has 0 bridgehead atoms. The quantitative estimate of drug-likeness (QED) is 0.481. The number of carbonyl (C=O) groups is 1. The van der Waals surface area contributed by atoms with E-state index in [4.69, 9.17) is 0 Å². The lowest BCUT2D eigenvalue weighted by atomic mass is 10.00. The molecule has 2 aromatic rings. The van der Waals surface area contributed by atoms with Crippen LogP contribution in [0.5, 0.6) is 0 Å². The van der Waals surface area contributed by atoms with Crippen LogP contribution in [0.4, 0.5) is 17.1 Å². The van der Waals surface area contributed by atoms with E-state index in [2.05, 4.69) is 9.98 Å². The predicted octanol–water partition coefficient (Wildman–Crippen LogP) is 3.02. The molecule has 0 saturated carbocycles. The smallest absolute Gasteiger partial charge is 0.260 e. The first-order valence-electron chi connectivity index (χ1n) is 7.65. The van der Waals surface area contributed by atoms with Crippen LogP contribution in [0.1, 0.15) is 22.7 Å². The SMILES string of the molecule is Cc1ccc(C2C(=O)N(c3ccc(C)c(N=C=O)c3)[N+]2=O)cc1N=C=O. The summed E-state index contributed by atoms with van der Waals surface area (Å²) in [5, 5.41) is 0.955. The Morgan fingerprint density at radius 3 is 2.12 bits per heavy atom. The van der Waals surface area contributed by atoms with Gasteiger partial charge in [0.25, 0.3) is 0 Å². The van der Waals surface area contributed by atoms with E-state index in [-0.39, 0.29) is 0 Å². The molecule has 1 unspecified atom stereocenters. The summed E-state index contributed by atoms with van der Waals surface area (Å²) in [6.45, 7) is 3.50. The van der Waals surface area contributed by atoms with Crippen molar-refractivity contribution in [3.05, 3.63) is 58.0 Å². The minimum absolute atomic E-state index is 0.305. The molecule has 3 rings (SSSR count). The molecule has 8 nitrogen and oxygen atoms in total. The summed E-state index contributed by atoms with van der Waals surface area (Å²) in [5.74, 6) is -0.435. The fourth-order valence-corrected chi connectivity index (χ4v) is 2.74. The maximum atomic E-state index is 12.5. The van der Waals surface area contributed by atoms with Gasteiger partial charge in [-0.05, 0) is 48.2 Å². The zero-order valence-corrected chi connectivity index (χ0v) is 14.0. The van der Waals surface area contributed by atoms with Gasteiger partial charge < -0.3 is 0 Å². The Labute approximate surface area is 148 Å². The lowest BCUT2D eigenvalue weighted by Gasteiger charge is -2.26. The number of nitroso groups, excluding NO2 is 1. The fraction of sp³-hybridized carbons (Fsp3) is 0.167. The van der Waals surface area contributed by atoms with Crippen molar-refractivity contribution in [2.75, 3.05) is 5.01 Å². The lowest BCUT2D eigenvalue weighted by molar-refractivity contribution is -0.619. The first kappa shape index (κ1) is 17.1. The van der Waals surface area contributed by atoms with E-state index in [0.29, 0.717) is 33.1 Å². The molecule has 0 aliphatic carbocycles. The second kappa shape index (κ2) is 6.64. The fourth-order valence-electron chi connectivity index (χ4n) is 2.74. The number of anilines is 1. The van der Waals surface area contributed by atoms with Gasteiger partial charge in [-0.3, -0.25) is 4.79 Å². The molecule has 1 fully saturated rings. The highest BCUT2D eigenvalue weighted by Gasteiger charge is 2.58. The standard InChI is InChI=1S/C18H13N4O4/c1-11-3-5-13(7-15(11)19-9-23)17-18(25)21(22(17)26)14-6-4-12(2)16(8-14)20-10-24/h3-8,17H,1-2H3/q+1. The van der Waals surface area contributed by atoms with E-state index in [0.717, 1.165) is 10.6 Å². The van der Waals surface area contributed by atoms with E-state index >= 15 is 0 Å². The van der Waals surface area contributed by atoms with Crippen LogP contribution in [-0.4, -0.2) is 22.9 Å². The van der Waals surface area contributed by atoms with Crippen molar-refractivity contribution in [1.82, 2.24) is 0 Å². The summed E-state index contributed by atoms with van der Waals surface area (Å²) in [7, 11) is 0. The highest BCUT2D eigenvalue weighted by molar-refractivity contribution is 5.99. The molecule has 1 saturated heterocycles. The van der Waals surface area contributed by atoms with Crippen LogP contribution in [0, 0.1) is 18.8 Å². The summed E-state index contributed by atoms with van der Waals surface area (Å²) < 4.78 is 0. The van der Waals surface area contributed by atoms with Gasteiger partial charge in [-0.15, -0.1) is 0 Å². The third-order valence-corrected chi connectivity index (χ3v) is 4.18. The Balaban J connectivity index is 1.94. The minimum atomic E-state index is -1.03. The Morgan fingerprint density at radius 1 is 0.962 bits per heavy atom. The third kappa shape index (κ3) is 2.75. The molecule has 8 heteroatoms. The first-order valence-corrected chi connectivity index (χ1v) is 7.65. The molecule has 0 N–H and O–H groups in total. The van der Waals surface area contributed by atoms with Gasteiger partial charge in [-0.1, -0.05) is 18.2 Å². The monoisotopic (exact) mass is 349 g/mol. The third-order valence-electron chi connectivity index (χ3n) is 4.18. The Kier molecular flexibility index (Phi) is 4.37. The summed E-state index contributed by atoms with van der Waals surface area (Å²) in [6.07, 6.45) is 2.90. The van der Waals surface area contributed by atoms with Crippen molar-refractivity contribution >= 4 is 35.1 Å². The Morgan fingerprint density at radius 2 is 1.54 bits per heavy atom. The molecule has 26 heavy (non-hydrogen) atoms. The molecular weight excluding hydrogens is 336 g/mol. The number of amides is 1. The second-order valence-corrected chi connectivity index (χ2v) is 5.78. The van der Waals surface area contributed by atoms with Crippen LogP contribution in [0.2, 0.25) is 0 Å². The van der Waals surface area contributed by atoms with Gasteiger partial charge in [0, 0.05) is 5.56 Å². The summed E-state index contributed by atoms with van der Waals surface area (Å²) >= 11 is 0. The average molecular weight is 349 g/mol. The van der Waals surface area contributed by atoms with Crippen molar-refractivity contribution in [3.63, 3.8) is 0 Å². The van der Waals surface area contributed by atoms with Gasteiger partial charge in [0.15, 0.2) is 0 Å². The van der Waals surface area contributed by atoms with Gasteiger partial charge in [0.1, 0.15) is 10.6 Å². The highest BCUT2D eigenvalue weighted by atomic mass is 16.4. The number of hydrogen-bond acceptors (Lipinski definition) is 6. The van der Waals surface area contributed by atoms with Gasteiger partial charge in [-0.2, -0.15) is 9.98 Å². The number of hydrogen-bond donors (Lipinski definition) is 0. The Bertz CT molecular complexity index is 938. The number of hydrazine groups is 1. The second-order valence-electron chi connectivity index (χ2n) is 5.78. The maximum Gasteiger partial charge on any atom is 0.368 e. The number of isocyanates is 2. The van der Waals surface area contributed by atoms with E-state index < -0.39 is 11.9 Å². The average Bonchev–Trinajstić information content (AvgIpc) is 2.61. The van der Waals surface area contributed by atoms with E-state index in [1.165, 1.54) is 24.3 Å². The number of benzene rings is 2. The molecule has 1 aliphatic heterocycles. The molecule has 1 amide bonds. The van der Waals surface area contributed by atoms with Crippen molar-refractivity contribution in [1.29, 1.82) is 0 Å². The molecule has 1 aliphatic rings. The number of aryl methyl sites for hydroxylation is 2. The van der Waals surface area contributed by atoms with Crippen molar-refractivity contribution < 1.29 is 19.3 Å². The number of rotatable bonds is 4. The van der Waals surface area contributed by atoms with E-state index in [1.807, 2.05) is 0 Å². The van der Waals surface area contributed by atoms with E-state index in [1.54, 1.807) is 38.1 Å². The van der Waals surface area contributed by atoms with Crippen LogP contribution >= 0.6 is 0 Å². The van der Waals surface area contributed by atoms with Crippen LogP contribution in [0.3, 0.4) is 0 Å². The first-order chi connectivity index (χ1) is 12.5. The summed E-state index contributed by atoms with van der Waals surface area (Å²) in [5.41, 5.74) is 2.87. The molecule has 2 aromatic carbocycles. The topological polar surface area (TPSA) is 99.2 Å². The molecule has 0 aromatic heterocycles. The largest absolute Gasteiger partial charge is 0.368 e. The van der Waals surface area contributed by atoms with Crippen LogP contribution in [0.25, 0.3) is 0 Å². The number of nitrogens with zero attached hydrogens (tertiary/aromatic N) is 4. The van der Waals surface area contributed by atoms with Crippen LogP contribution in [-0.2, 0) is 14.4 Å². The summed E-state index contributed by atoms with van der Waals surface area (Å²) in [4.78, 5) is 53.7. The molecule has 1 heterocycles. The van der Waals surface area contributed by atoms with Crippen molar-refractivity contribution in [2.24, 2.45) is 9.98 Å². The van der Waals surface area contributed by atoms with Crippen molar-refractivity contribution in [3.8, 4) is 0 Å². The van der Waals surface area contributed by atoms with Crippen LogP contribution < -0.4 is 5.01 Å². The van der Waals surface area contributed by atoms with Gasteiger partial charge in [0.2, 0.25) is 12.2 Å². The predicted molar refractivity (Wildman–Crippen MR) is 91.8 cm³/mol. The molecule has 128 valence electrons. The highest BCUT2D eigenvalue weighted by Crippen LogP contribution is 2.37. The number of carbonyl (C=O) groups excluding carboxylic acids is 3. The van der Waals surface area contributed by atoms with Crippen LogP contribution in [0.15, 0.2) is 46.4 Å². The Hall–Kier alpha value is -3.73.